The molecular formula is C16H18F2O3. The number of ketones is 1. The van der Waals surface area contributed by atoms with Crippen LogP contribution in [0.1, 0.15) is 32.3 Å². The molecule has 0 bridgehead atoms. The molecule has 21 heavy (non-hydrogen) atoms. The molecule has 1 heterocycles. The third-order valence-electron chi connectivity index (χ3n) is 3.83. The summed E-state index contributed by atoms with van der Waals surface area (Å²) in [6, 6.07) is 3.60. The summed E-state index contributed by atoms with van der Waals surface area (Å²) in [5.74, 6) is -2.95. The summed E-state index contributed by atoms with van der Waals surface area (Å²) in [6.45, 7) is 3.75. The minimum Gasteiger partial charge on any atom is -0.461 e. The van der Waals surface area contributed by atoms with Gasteiger partial charge in [0.05, 0.1) is 0 Å². The first kappa shape index (κ1) is 15.6. The van der Waals surface area contributed by atoms with Gasteiger partial charge in [-0.05, 0) is 30.9 Å². The van der Waals surface area contributed by atoms with E-state index in [1.807, 2.05) is 13.8 Å². The van der Waals surface area contributed by atoms with Crippen molar-refractivity contribution in [1.82, 2.24) is 0 Å². The molecule has 2 unspecified atom stereocenters. The number of Topliss-reactive ketones (excluding diaryl/α,β-unsaturated/α-hetero) is 1. The lowest BCUT2D eigenvalue weighted by atomic mass is 9.87. The van der Waals surface area contributed by atoms with Gasteiger partial charge in [-0.1, -0.05) is 19.9 Å². The Morgan fingerprint density at radius 2 is 1.86 bits per heavy atom. The topological polar surface area (TPSA) is 43.4 Å². The minimum atomic E-state index is -0.918. The highest BCUT2D eigenvalue weighted by atomic mass is 19.1. The van der Waals surface area contributed by atoms with E-state index in [4.69, 9.17) is 4.74 Å². The first-order valence-electron chi connectivity index (χ1n) is 7.06. The maximum Gasteiger partial charge on any atom is 0.316 e. The van der Waals surface area contributed by atoms with E-state index in [0.717, 1.165) is 12.1 Å². The van der Waals surface area contributed by atoms with Crippen LogP contribution in [-0.4, -0.2) is 17.9 Å². The van der Waals surface area contributed by atoms with Crippen molar-refractivity contribution in [1.29, 1.82) is 0 Å². The van der Waals surface area contributed by atoms with Crippen molar-refractivity contribution < 1.29 is 23.1 Å². The molecule has 0 amide bonds. The summed E-state index contributed by atoms with van der Waals surface area (Å²) in [7, 11) is 0. The summed E-state index contributed by atoms with van der Waals surface area (Å²) < 4.78 is 32.3. The second kappa shape index (κ2) is 6.33. The lowest BCUT2D eigenvalue weighted by Gasteiger charge is -2.29. The van der Waals surface area contributed by atoms with Crippen molar-refractivity contribution >= 4 is 11.8 Å². The van der Waals surface area contributed by atoms with Gasteiger partial charge >= 0.3 is 5.97 Å². The molecule has 1 aromatic carbocycles. The molecule has 1 aliphatic rings. The van der Waals surface area contributed by atoms with E-state index in [9.17, 15) is 18.4 Å². The van der Waals surface area contributed by atoms with Crippen LogP contribution in [-0.2, 0) is 20.7 Å². The Hall–Kier alpha value is -1.78. The fraction of sp³-hybridized carbons (Fsp3) is 0.500. The van der Waals surface area contributed by atoms with Crippen molar-refractivity contribution in [2.75, 3.05) is 0 Å². The molecule has 0 aliphatic carbocycles. The van der Waals surface area contributed by atoms with Gasteiger partial charge in [0, 0.05) is 12.0 Å². The minimum absolute atomic E-state index is 0.00361. The van der Waals surface area contributed by atoms with Crippen LogP contribution in [0.4, 0.5) is 8.78 Å². The quantitative estimate of drug-likeness (QED) is 0.633. The van der Waals surface area contributed by atoms with Gasteiger partial charge in [-0.15, -0.1) is 0 Å². The molecule has 2 rings (SSSR count). The van der Waals surface area contributed by atoms with Crippen LogP contribution in [0.5, 0.6) is 0 Å². The van der Waals surface area contributed by atoms with Crippen molar-refractivity contribution in [3.05, 3.63) is 35.4 Å². The molecule has 1 aliphatic heterocycles. The number of rotatable bonds is 4. The highest BCUT2D eigenvalue weighted by molar-refractivity contribution is 6.01. The molecular weight excluding hydrogens is 278 g/mol. The standard InChI is InChI=1S/C16H18F2O3/c1-9(2)15-8-14(19)11(16(20)21-15)7-6-10-12(17)4-3-5-13(10)18/h3-5,9,11,15H,6-8H2,1-2H3. The van der Waals surface area contributed by atoms with Gasteiger partial charge in [-0.3, -0.25) is 9.59 Å². The van der Waals surface area contributed by atoms with Gasteiger partial charge in [-0.2, -0.15) is 0 Å². The van der Waals surface area contributed by atoms with Crippen LogP contribution in [0.3, 0.4) is 0 Å². The molecule has 0 N–H and O–H groups in total. The van der Waals surface area contributed by atoms with Crippen LogP contribution >= 0.6 is 0 Å². The van der Waals surface area contributed by atoms with Crippen molar-refractivity contribution in [2.45, 2.75) is 39.2 Å². The monoisotopic (exact) mass is 296 g/mol. The third-order valence-corrected chi connectivity index (χ3v) is 3.83. The Labute approximate surface area is 122 Å². The zero-order valence-electron chi connectivity index (χ0n) is 12.1. The van der Waals surface area contributed by atoms with Crippen molar-refractivity contribution in [2.24, 2.45) is 11.8 Å². The zero-order chi connectivity index (χ0) is 15.6. The van der Waals surface area contributed by atoms with Gasteiger partial charge in [-0.25, -0.2) is 8.78 Å². The average Bonchev–Trinajstić information content (AvgIpc) is 2.40. The van der Waals surface area contributed by atoms with E-state index in [1.54, 1.807) is 0 Å². The summed E-state index contributed by atoms with van der Waals surface area (Å²) >= 11 is 0. The lowest BCUT2D eigenvalue weighted by Crippen LogP contribution is -2.40. The molecule has 1 fully saturated rings. The number of ether oxygens (including phenoxy) is 1. The highest BCUT2D eigenvalue weighted by Gasteiger charge is 2.38. The smallest absolute Gasteiger partial charge is 0.316 e. The average molecular weight is 296 g/mol. The van der Waals surface area contributed by atoms with Crippen LogP contribution in [0.25, 0.3) is 0 Å². The van der Waals surface area contributed by atoms with Crippen LogP contribution in [0, 0.1) is 23.5 Å². The molecule has 0 aromatic heterocycles. The number of hydrogen-bond donors (Lipinski definition) is 0. The molecule has 5 heteroatoms. The highest BCUT2D eigenvalue weighted by Crippen LogP contribution is 2.26. The number of halogens is 2. The molecule has 114 valence electrons. The predicted octanol–water partition coefficient (Wildman–Crippen LogP) is 3.05. The fourth-order valence-corrected chi connectivity index (χ4v) is 2.46. The Kier molecular flexibility index (Phi) is 4.70. The van der Waals surface area contributed by atoms with E-state index in [0.29, 0.717) is 0 Å². The van der Waals surface area contributed by atoms with Gasteiger partial charge in [0.15, 0.2) is 5.78 Å². The van der Waals surface area contributed by atoms with E-state index < -0.39 is 29.6 Å². The molecule has 0 radical (unpaired) electrons. The van der Waals surface area contributed by atoms with E-state index in [1.165, 1.54) is 6.07 Å². The van der Waals surface area contributed by atoms with Crippen molar-refractivity contribution in [3.8, 4) is 0 Å². The molecule has 0 saturated carbocycles. The summed E-state index contributed by atoms with van der Waals surface area (Å²) in [6.07, 6.45) is -0.156. The summed E-state index contributed by atoms with van der Waals surface area (Å²) in [5.41, 5.74) is -0.0934. The Morgan fingerprint density at radius 3 is 2.38 bits per heavy atom. The third kappa shape index (κ3) is 3.46. The van der Waals surface area contributed by atoms with Gasteiger partial charge in [0.2, 0.25) is 0 Å². The largest absolute Gasteiger partial charge is 0.461 e. The van der Waals surface area contributed by atoms with Crippen LogP contribution < -0.4 is 0 Å². The van der Waals surface area contributed by atoms with Gasteiger partial charge in [0.25, 0.3) is 0 Å². The second-order valence-electron chi connectivity index (χ2n) is 5.68. The summed E-state index contributed by atoms with van der Waals surface area (Å²) in [4.78, 5) is 23.9. The predicted molar refractivity (Wildman–Crippen MR) is 72.5 cm³/mol. The number of esters is 1. The normalized spacial score (nSPS) is 22.5. The van der Waals surface area contributed by atoms with Gasteiger partial charge in [0.1, 0.15) is 23.7 Å². The van der Waals surface area contributed by atoms with Crippen molar-refractivity contribution in [3.63, 3.8) is 0 Å². The maximum absolute atomic E-state index is 13.5. The Bertz CT molecular complexity index is 516. The Morgan fingerprint density at radius 1 is 1.24 bits per heavy atom. The molecule has 3 nitrogen and oxygen atoms in total. The zero-order valence-corrected chi connectivity index (χ0v) is 12.1. The first-order chi connectivity index (χ1) is 9.90. The van der Waals surface area contributed by atoms with E-state index in [2.05, 4.69) is 0 Å². The van der Waals surface area contributed by atoms with E-state index in [-0.39, 0.29) is 36.5 Å². The maximum atomic E-state index is 13.5. The fourth-order valence-electron chi connectivity index (χ4n) is 2.46. The van der Waals surface area contributed by atoms with E-state index >= 15 is 0 Å². The number of cyclic esters (lactones) is 1. The number of hydrogen-bond acceptors (Lipinski definition) is 3. The number of carbonyl (C=O) groups is 2. The first-order valence-corrected chi connectivity index (χ1v) is 7.06. The summed E-state index contributed by atoms with van der Waals surface area (Å²) in [5, 5.41) is 0. The molecule has 1 saturated heterocycles. The second-order valence-corrected chi connectivity index (χ2v) is 5.68. The van der Waals surface area contributed by atoms with Crippen LogP contribution in [0.2, 0.25) is 0 Å². The Balaban J connectivity index is 2.04. The lowest BCUT2D eigenvalue weighted by molar-refractivity contribution is -0.167. The molecule has 0 spiro atoms. The van der Waals surface area contributed by atoms with Crippen LogP contribution in [0.15, 0.2) is 18.2 Å². The SMILES string of the molecule is CC(C)C1CC(=O)C(CCc2c(F)cccc2F)C(=O)O1. The molecule has 1 aromatic rings. The number of carbonyl (C=O) groups excluding carboxylic acids is 2. The van der Waals surface area contributed by atoms with Gasteiger partial charge < -0.3 is 4.74 Å². The molecule has 2 atom stereocenters. The number of benzene rings is 1.